The summed E-state index contributed by atoms with van der Waals surface area (Å²) in [5, 5.41) is 8.66. The third-order valence-electron chi connectivity index (χ3n) is 12.3. The third kappa shape index (κ3) is 4.19. The van der Waals surface area contributed by atoms with Crippen LogP contribution in [0.5, 0.6) is 0 Å². The smallest absolute Gasteiger partial charge is 0.137 e. The van der Waals surface area contributed by atoms with Crippen molar-refractivity contribution >= 4 is 87.5 Å². The minimum absolute atomic E-state index is 0.458. The molecule has 0 aliphatic carbocycles. The monoisotopic (exact) mass is 740 g/mol. The van der Waals surface area contributed by atoms with Crippen molar-refractivity contribution in [1.82, 2.24) is 9.13 Å². The normalized spacial score (nSPS) is 13.2. The molecule has 0 bridgehead atoms. The van der Waals surface area contributed by atoms with E-state index in [0.717, 1.165) is 130 Å². The molecule has 0 unspecified atom stereocenters. The van der Waals surface area contributed by atoms with E-state index in [1.165, 1.54) is 17.7 Å². The minimum atomic E-state index is -0.627. The molecule has 8 aromatic carbocycles. The fourth-order valence-electron chi connectivity index (χ4n) is 10.0. The third-order valence-corrected chi connectivity index (χ3v) is 12.3. The second-order valence-electron chi connectivity index (χ2n) is 15.4. The van der Waals surface area contributed by atoms with Gasteiger partial charge in [-0.15, -0.1) is 0 Å². The first-order valence-electron chi connectivity index (χ1n) is 19.4. The van der Waals surface area contributed by atoms with Crippen LogP contribution in [-0.4, -0.2) is 9.13 Å². The van der Waals surface area contributed by atoms with Gasteiger partial charge in [0.15, 0.2) is 0 Å². The number of nitrogens with zero attached hydrogens (tertiary/aromatic N) is 2. The van der Waals surface area contributed by atoms with E-state index in [1.54, 1.807) is 0 Å². The van der Waals surface area contributed by atoms with Gasteiger partial charge < -0.3 is 18.0 Å². The molecule has 12 aromatic rings. The van der Waals surface area contributed by atoms with Crippen LogP contribution in [0, 0.1) is 11.6 Å². The fraction of sp³-hybridized carbons (Fsp3) is 0.0588. The van der Waals surface area contributed by atoms with Gasteiger partial charge in [-0.2, -0.15) is 0 Å². The fourth-order valence-corrected chi connectivity index (χ4v) is 10.0. The summed E-state index contributed by atoms with van der Waals surface area (Å²) in [5.74, 6) is -1.25. The highest BCUT2D eigenvalue weighted by molar-refractivity contribution is 6.26. The van der Waals surface area contributed by atoms with Crippen LogP contribution in [0.3, 0.4) is 0 Å². The maximum Gasteiger partial charge on any atom is 0.137 e. The zero-order valence-electron chi connectivity index (χ0n) is 30.4. The van der Waals surface area contributed by atoms with Crippen molar-refractivity contribution < 1.29 is 17.6 Å². The van der Waals surface area contributed by atoms with Gasteiger partial charge in [0.25, 0.3) is 0 Å². The Bertz CT molecular complexity index is 3690. The Labute approximate surface area is 323 Å². The van der Waals surface area contributed by atoms with Crippen molar-refractivity contribution in [2.24, 2.45) is 0 Å². The van der Waals surface area contributed by atoms with Crippen LogP contribution in [0.4, 0.5) is 8.78 Å². The van der Waals surface area contributed by atoms with Gasteiger partial charge in [0.2, 0.25) is 0 Å². The molecule has 13 rings (SSSR count). The number of aromatic nitrogens is 2. The molecule has 0 N–H and O–H groups in total. The SMILES string of the molecule is Fc1cc(F)cc(-c2cc3c(cc2-n2c4ccccc4c4ccc5oc6ccccc6c5c42)CCCc2cccc4oc5ccc6c7ccccc7n-3c6c5c24)c1. The molecule has 0 atom stereocenters. The molecule has 6 heteroatoms. The molecule has 0 saturated carbocycles. The lowest BCUT2D eigenvalue weighted by atomic mass is 9.93. The first-order valence-corrected chi connectivity index (χ1v) is 19.4. The molecular weight excluding hydrogens is 711 g/mol. The standard InChI is InChI=1S/C51H30F2N2O2/c52-31-23-30(24-32(53)26-31)38-27-41-29(25-42(38)55-40-16-5-2-12-33(40)35-19-21-45-48(50(35)55)37-14-3-6-17-43(37)56-45)11-7-9-28-10-8-18-44-47(28)49-46(57-44)22-20-36-34-13-1-4-15-39(34)54(41)51(36)49/h1-6,8,10,12-27H,7,9,11H2. The lowest BCUT2D eigenvalue weighted by molar-refractivity contribution is 0.584. The predicted octanol–water partition coefficient (Wildman–Crippen LogP) is 14.1. The van der Waals surface area contributed by atoms with Gasteiger partial charge >= 0.3 is 0 Å². The highest BCUT2D eigenvalue weighted by Crippen LogP contribution is 2.47. The number of hydrogen-bond donors (Lipinski definition) is 0. The van der Waals surface area contributed by atoms with Crippen molar-refractivity contribution in [3.8, 4) is 22.5 Å². The van der Waals surface area contributed by atoms with Gasteiger partial charge in [-0.25, -0.2) is 8.78 Å². The molecular formula is C51H30F2N2O2. The molecule has 57 heavy (non-hydrogen) atoms. The highest BCUT2D eigenvalue weighted by atomic mass is 19.1. The number of furan rings is 2. The van der Waals surface area contributed by atoms with E-state index in [9.17, 15) is 0 Å². The average molecular weight is 741 g/mol. The Balaban J connectivity index is 1.24. The second-order valence-corrected chi connectivity index (χ2v) is 15.4. The summed E-state index contributed by atoms with van der Waals surface area (Å²) in [5.41, 5.74) is 12.8. The quantitative estimate of drug-likeness (QED) is 0.177. The molecule has 1 aliphatic heterocycles. The van der Waals surface area contributed by atoms with Crippen molar-refractivity contribution in [3.05, 3.63) is 168 Å². The molecule has 0 fully saturated rings. The molecule has 4 aromatic heterocycles. The molecule has 0 saturated heterocycles. The number of hydrogen-bond acceptors (Lipinski definition) is 2. The van der Waals surface area contributed by atoms with E-state index in [2.05, 4.69) is 118 Å². The number of halogens is 2. The Kier molecular flexibility index (Phi) is 6.11. The summed E-state index contributed by atoms with van der Waals surface area (Å²) in [6, 6.07) is 48.2. The van der Waals surface area contributed by atoms with E-state index in [4.69, 9.17) is 8.83 Å². The van der Waals surface area contributed by atoms with Crippen LogP contribution in [-0.2, 0) is 12.8 Å². The van der Waals surface area contributed by atoms with Crippen LogP contribution >= 0.6 is 0 Å². The number of para-hydroxylation sites is 3. The number of aryl methyl sites for hydroxylation is 2. The molecule has 270 valence electrons. The van der Waals surface area contributed by atoms with Gasteiger partial charge in [-0.05, 0) is 109 Å². The summed E-state index contributed by atoms with van der Waals surface area (Å²) >= 11 is 0. The Morgan fingerprint density at radius 1 is 0.421 bits per heavy atom. The topological polar surface area (TPSA) is 36.1 Å². The summed E-state index contributed by atoms with van der Waals surface area (Å²) in [6.45, 7) is 0. The van der Waals surface area contributed by atoms with Crippen LogP contribution < -0.4 is 0 Å². The van der Waals surface area contributed by atoms with Crippen molar-refractivity contribution in [2.75, 3.05) is 0 Å². The van der Waals surface area contributed by atoms with E-state index in [0.29, 0.717) is 11.1 Å². The van der Waals surface area contributed by atoms with Gasteiger partial charge in [-0.1, -0.05) is 66.7 Å². The minimum Gasteiger partial charge on any atom is -0.456 e. The Hall–Kier alpha value is -7.18. The summed E-state index contributed by atoms with van der Waals surface area (Å²) < 4.78 is 48.6. The summed E-state index contributed by atoms with van der Waals surface area (Å²) in [4.78, 5) is 0. The number of rotatable bonds is 2. The van der Waals surface area contributed by atoms with Crippen LogP contribution in [0.15, 0.2) is 154 Å². The van der Waals surface area contributed by atoms with Gasteiger partial charge in [0, 0.05) is 43.9 Å². The van der Waals surface area contributed by atoms with Crippen molar-refractivity contribution in [2.45, 2.75) is 19.3 Å². The molecule has 0 radical (unpaired) electrons. The highest BCUT2D eigenvalue weighted by Gasteiger charge is 2.27. The van der Waals surface area contributed by atoms with E-state index in [1.807, 2.05) is 18.2 Å². The number of benzene rings is 8. The molecule has 5 heterocycles. The molecule has 4 nitrogen and oxygen atoms in total. The zero-order valence-corrected chi connectivity index (χ0v) is 30.4. The van der Waals surface area contributed by atoms with Crippen LogP contribution in [0.1, 0.15) is 17.5 Å². The predicted molar refractivity (Wildman–Crippen MR) is 227 cm³/mol. The molecule has 0 amide bonds. The van der Waals surface area contributed by atoms with Crippen molar-refractivity contribution in [3.63, 3.8) is 0 Å². The first-order chi connectivity index (χ1) is 28.1. The van der Waals surface area contributed by atoms with E-state index >= 15 is 8.78 Å². The van der Waals surface area contributed by atoms with E-state index in [-0.39, 0.29) is 0 Å². The lowest BCUT2D eigenvalue weighted by Gasteiger charge is -2.22. The van der Waals surface area contributed by atoms with Crippen LogP contribution in [0.2, 0.25) is 0 Å². The summed E-state index contributed by atoms with van der Waals surface area (Å²) in [7, 11) is 0. The maximum absolute atomic E-state index is 15.4. The Morgan fingerprint density at radius 3 is 1.75 bits per heavy atom. The second kappa shape index (κ2) is 11.2. The summed E-state index contributed by atoms with van der Waals surface area (Å²) in [6.07, 6.45) is 2.53. The van der Waals surface area contributed by atoms with Gasteiger partial charge in [-0.3, -0.25) is 0 Å². The average Bonchev–Trinajstić information content (AvgIpc) is 3.98. The van der Waals surface area contributed by atoms with Gasteiger partial charge in [0.1, 0.15) is 34.0 Å². The first kappa shape index (κ1) is 31.1. The van der Waals surface area contributed by atoms with Gasteiger partial charge in [0.05, 0.1) is 44.2 Å². The maximum atomic E-state index is 15.4. The van der Waals surface area contributed by atoms with Crippen molar-refractivity contribution in [1.29, 1.82) is 0 Å². The van der Waals surface area contributed by atoms with Crippen LogP contribution in [0.25, 0.3) is 110 Å². The lowest BCUT2D eigenvalue weighted by Crippen LogP contribution is -2.07. The van der Waals surface area contributed by atoms with E-state index < -0.39 is 11.6 Å². The Morgan fingerprint density at radius 2 is 1.00 bits per heavy atom. The zero-order chi connectivity index (χ0) is 37.5. The molecule has 1 aliphatic rings. The molecule has 0 spiro atoms. The largest absolute Gasteiger partial charge is 0.456 e. The number of fused-ring (bicyclic) bond motifs is 12.